The van der Waals surface area contributed by atoms with Gasteiger partial charge in [0.1, 0.15) is 11.9 Å². The molecule has 8 nitrogen and oxygen atoms in total. The normalized spacial score (nSPS) is 11.4. The summed E-state index contributed by atoms with van der Waals surface area (Å²) in [4.78, 5) is 31.6. The fraction of sp³-hybridized carbons (Fsp3) is 0.417. The predicted octanol–water partition coefficient (Wildman–Crippen LogP) is 0.866. The molecule has 0 saturated heterocycles. The molecule has 8 heteroatoms. The van der Waals surface area contributed by atoms with Crippen LogP contribution in [0.2, 0.25) is 0 Å². The number of fused-ring (bicyclic) bond motifs is 1. The smallest absolute Gasteiger partial charge is 0.357 e. The van der Waals surface area contributed by atoms with Gasteiger partial charge in [0.25, 0.3) is 5.78 Å². The van der Waals surface area contributed by atoms with Crippen LogP contribution in [0.4, 0.5) is 0 Å². The molecule has 0 aliphatic carbocycles. The Morgan fingerprint density at radius 2 is 1.95 bits per heavy atom. The lowest BCUT2D eigenvalue weighted by Crippen LogP contribution is -2.25. The highest BCUT2D eigenvalue weighted by molar-refractivity contribution is 5.93. The Balaban J connectivity index is 2.50. The van der Waals surface area contributed by atoms with Crippen LogP contribution in [0.15, 0.2) is 12.4 Å². The number of hydrogen-bond donors (Lipinski definition) is 0. The van der Waals surface area contributed by atoms with Crippen LogP contribution in [-0.2, 0) is 9.47 Å². The van der Waals surface area contributed by atoms with Crippen LogP contribution in [0.25, 0.3) is 5.78 Å². The van der Waals surface area contributed by atoms with E-state index in [9.17, 15) is 9.59 Å². The van der Waals surface area contributed by atoms with E-state index in [1.807, 2.05) is 0 Å². The van der Waals surface area contributed by atoms with E-state index < -0.39 is 17.5 Å². The molecule has 0 atom stereocenters. The summed E-state index contributed by atoms with van der Waals surface area (Å²) >= 11 is 0. The molecule has 2 aromatic rings. The SMILES string of the molecule is COC(=O)c1cc(C(=O)OC(C)(C)C)nc2ncnn12. The van der Waals surface area contributed by atoms with Gasteiger partial charge in [-0.2, -0.15) is 14.6 Å². The summed E-state index contributed by atoms with van der Waals surface area (Å²) in [7, 11) is 1.23. The van der Waals surface area contributed by atoms with Gasteiger partial charge in [0.05, 0.1) is 7.11 Å². The molecule has 0 aromatic carbocycles. The van der Waals surface area contributed by atoms with Crippen molar-refractivity contribution in [2.45, 2.75) is 26.4 Å². The minimum absolute atomic E-state index is 0.0270. The molecule has 2 rings (SSSR count). The first-order chi connectivity index (χ1) is 9.31. The number of carbonyl (C=O) groups is 2. The third-order valence-corrected chi connectivity index (χ3v) is 2.25. The maximum atomic E-state index is 12.0. The molecular formula is C12H14N4O4. The summed E-state index contributed by atoms with van der Waals surface area (Å²) in [6.45, 7) is 5.21. The minimum Gasteiger partial charge on any atom is -0.464 e. The van der Waals surface area contributed by atoms with E-state index >= 15 is 0 Å². The van der Waals surface area contributed by atoms with Gasteiger partial charge in [-0.1, -0.05) is 0 Å². The van der Waals surface area contributed by atoms with Gasteiger partial charge in [-0.25, -0.2) is 14.6 Å². The Labute approximate surface area is 114 Å². The Bertz CT molecular complexity index is 672. The van der Waals surface area contributed by atoms with Crippen LogP contribution in [0, 0.1) is 0 Å². The van der Waals surface area contributed by atoms with E-state index in [2.05, 4.69) is 19.8 Å². The number of hydrogen-bond acceptors (Lipinski definition) is 7. The van der Waals surface area contributed by atoms with Gasteiger partial charge >= 0.3 is 11.9 Å². The van der Waals surface area contributed by atoms with Crippen molar-refractivity contribution in [1.29, 1.82) is 0 Å². The molecule has 20 heavy (non-hydrogen) atoms. The minimum atomic E-state index is -0.663. The van der Waals surface area contributed by atoms with Crippen LogP contribution >= 0.6 is 0 Å². The number of carbonyl (C=O) groups excluding carboxylic acids is 2. The van der Waals surface area contributed by atoms with Crippen molar-refractivity contribution in [1.82, 2.24) is 19.6 Å². The van der Waals surface area contributed by atoms with Crippen molar-refractivity contribution in [3.05, 3.63) is 23.8 Å². The fourth-order valence-corrected chi connectivity index (χ4v) is 1.50. The molecule has 0 fully saturated rings. The quantitative estimate of drug-likeness (QED) is 0.752. The molecule has 0 spiro atoms. The molecule has 2 heterocycles. The van der Waals surface area contributed by atoms with Gasteiger partial charge in [0.2, 0.25) is 0 Å². The first-order valence-electron chi connectivity index (χ1n) is 5.84. The number of ether oxygens (including phenoxy) is 2. The number of nitrogens with zero attached hydrogens (tertiary/aromatic N) is 4. The largest absolute Gasteiger partial charge is 0.464 e. The zero-order chi connectivity index (χ0) is 14.9. The van der Waals surface area contributed by atoms with Crippen molar-refractivity contribution < 1.29 is 19.1 Å². The third-order valence-electron chi connectivity index (χ3n) is 2.25. The molecular weight excluding hydrogens is 264 g/mol. The van der Waals surface area contributed by atoms with Crippen LogP contribution in [-0.4, -0.2) is 44.2 Å². The molecule has 0 radical (unpaired) electrons. The van der Waals surface area contributed by atoms with Gasteiger partial charge in [-0.3, -0.25) is 0 Å². The molecule has 0 amide bonds. The molecule has 0 aliphatic rings. The summed E-state index contributed by atoms with van der Waals surface area (Å²) in [6.07, 6.45) is 1.23. The van der Waals surface area contributed by atoms with Crippen LogP contribution in [0.1, 0.15) is 41.7 Å². The molecule has 0 aliphatic heterocycles. The number of rotatable bonds is 2. The maximum absolute atomic E-state index is 12.0. The summed E-state index contributed by atoms with van der Waals surface area (Å²) in [6, 6.07) is 1.27. The Morgan fingerprint density at radius 3 is 2.55 bits per heavy atom. The highest BCUT2D eigenvalue weighted by Gasteiger charge is 2.23. The fourth-order valence-electron chi connectivity index (χ4n) is 1.50. The van der Waals surface area contributed by atoms with Gasteiger partial charge < -0.3 is 9.47 Å². The number of methoxy groups -OCH3 is 1. The summed E-state index contributed by atoms with van der Waals surface area (Å²) < 4.78 is 11.0. The summed E-state index contributed by atoms with van der Waals surface area (Å²) in [5.74, 6) is -1.17. The lowest BCUT2D eigenvalue weighted by Gasteiger charge is -2.19. The summed E-state index contributed by atoms with van der Waals surface area (Å²) in [5.41, 5.74) is -0.638. The van der Waals surface area contributed by atoms with E-state index in [0.717, 1.165) is 0 Å². The first-order valence-corrected chi connectivity index (χ1v) is 5.84. The zero-order valence-electron chi connectivity index (χ0n) is 11.6. The van der Waals surface area contributed by atoms with Crippen molar-refractivity contribution in [2.75, 3.05) is 7.11 Å². The van der Waals surface area contributed by atoms with Gasteiger partial charge in [0.15, 0.2) is 11.4 Å². The lowest BCUT2D eigenvalue weighted by molar-refractivity contribution is 0.00629. The highest BCUT2D eigenvalue weighted by atomic mass is 16.6. The molecule has 2 aromatic heterocycles. The van der Waals surface area contributed by atoms with Gasteiger partial charge in [-0.05, 0) is 20.8 Å². The topological polar surface area (TPSA) is 95.7 Å². The van der Waals surface area contributed by atoms with Crippen LogP contribution in [0.3, 0.4) is 0 Å². The average Bonchev–Trinajstić information content (AvgIpc) is 2.82. The van der Waals surface area contributed by atoms with Crippen LogP contribution < -0.4 is 0 Å². The van der Waals surface area contributed by atoms with E-state index in [1.54, 1.807) is 20.8 Å². The predicted molar refractivity (Wildman–Crippen MR) is 67.3 cm³/mol. The highest BCUT2D eigenvalue weighted by Crippen LogP contribution is 2.13. The molecule has 0 bridgehead atoms. The Morgan fingerprint density at radius 1 is 1.25 bits per heavy atom. The molecule has 0 unspecified atom stereocenters. The van der Waals surface area contributed by atoms with Crippen LogP contribution in [0.5, 0.6) is 0 Å². The second-order valence-electron chi connectivity index (χ2n) is 4.99. The second kappa shape index (κ2) is 4.87. The van der Waals surface area contributed by atoms with E-state index in [4.69, 9.17) is 4.74 Å². The second-order valence-corrected chi connectivity index (χ2v) is 4.99. The van der Waals surface area contributed by atoms with Gasteiger partial charge in [0, 0.05) is 6.07 Å². The van der Waals surface area contributed by atoms with E-state index in [-0.39, 0.29) is 17.2 Å². The van der Waals surface area contributed by atoms with Gasteiger partial charge in [-0.15, -0.1) is 0 Å². The van der Waals surface area contributed by atoms with E-state index in [1.165, 1.54) is 24.0 Å². The standard InChI is InChI=1S/C12H14N4O4/c1-12(2,3)20-9(17)7-5-8(10(18)19-4)16-11(15-7)13-6-14-16/h5-6H,1-4H3. The van der Waals surface area contributed by atoms with E-state index in [0.29, 0.717) is 0 Å². The average molecular weight is 278 g/mol. The Kier molecular flexibility index (Phi) is 3.39. The van der Waals surface area contributed by atoms with Crippen molar-refractivity contribution in [3.63, 3.8) is 0 Å². The monoisotopic (exact) mass is 278 g/mol. The number of esters is 2. The molecule has 106 valence electrons. The molecule has 0 N–H and O–H groups in total. The zero-order valence-corrected chi connectivity index (χ0v) is 11.6. The summed E-state index contributed by atoms with van der Waals surface area (Å²) in [5, 5.41) is 3.85. The van der Waals surface area contributed by atoms with Crippen molar-refractivity contribution in [2.24, 2.45) is 0 Å². The molecule has 0 saturated carbocycles. The maximum Gasteiger partial charge on any atom is 0.357 e. The first kappa shape index (κ1) is 13.9. The third kappa shape index (κ3) is 2.73. The Hall–Kier alpha value is -2.51. The van der Waals surface area contributed by atoms with Crippen molar-refractivity contribution in [3.8, 4) is 0 Å². The number of aromatic nitrogens is 4. The van der Waals surface area contributed by atoms with Crippen molar-refractivity contribution >= 4 is 17.7 Å². The lowest BCUT2D eigenvalue weighted by atomic mass is 10.2.